The Balaban J connectivity index is 2.94. The SMILES string of the molecule is C=C(C(=O)O)c1cc(C)[nH]n1. The van der Waals surface area contributed by atoms with E-state index < -0.39 is 5.97 Å². The van der Waals surface area contributed by atoms with Gasteiger partial charge in [0.25, 0.3) is 0 Å². The number of aromatic nitrogens is 2. The highest BCUT2D eigenvalue weighted by molar-refractivity contribution is 6.13. The molecule has 0 amide bonds. The molecule has 4 nitrogen and oxygen atoms in total. The summed E-state index contributed by atoms with van der Waals surface area (Å²) in [5, 5.41) is 14.9. The molecule has 0 aliphatic carbocycles. The van der Waals surface area contributed by atoms with Crippen LogP contribution in [0, 0.1) is 6.92 Å². The molecule has 58 valence electrons. The zero-order valence-corrected chi connectivity index (χ0v) is 6.09. The molecule has 0 aromatic carbocycles. The van der Waals surface area contributed by atoms with Crippen LogP contribution in [0.3, 0.4) is 0 Å². The molecule has 11 heavy (non-hydrogen) atoms. The molecule has 4 heteroatoms. The monoisotopic (exact) mass is 152 g/mol. The first-order valence-corrected chi connectivity index (χ1v) is 3.06. The van der Waals surface area contributed by atoms with Crippen LogP contribution in [-0.4, -0.2) is 21.3 Å². The van der Waals surface area contributed by atoms with E-state index in [4.69, 9.17) is 5.11 Å². The number of aliphatic carboxylic acids is 1. The number of rotatable bonds is 2. The molecular weight excluding hydrogens is 144 g/mol. The zero-order valence-electron chi connectivity index (χ0n) is 6.09. The van der Waals surface area contributed by atoms with Crippen molar-refractivity contribution in [3.8, 4) is 0 Å². The lowest BCUT2D eigenvalue weighted by Crippen LogP contribution is -1.97. The highest BCUT2D eigenvalue weighted by atomic mass is 16.4. The minimum absolute atomic E-state index is 0.00866. The Kier molecular flexibility index (Phi) is 1.76. The van der Waals surface area contributed by atoms with Gasteiger partial charge >= 0.3 is 5.97 Å². The molecule has 0 saturated carbocycles. The van der Waals surface area contributed by atoms with Crippen LogP contribution in [0.5, 0.6) is 0 Å². The van der Waals surface area contributed by atoms with E-state index in [0.717, 1.165) is 5.69 Å². The van der Waals surface area contributed by atoms with Crippen molar-refractivity contribution < 1.29 is 9.90 Å². The molecule has 0 radical (unpaired) electrons. The third-order valence-corrected chi connectivity index (χ3v) is 1.27. The van der Waals surface area contributed by atoms with E-state index in [9.17, 15) is 4.79 Å². The lowest BCUT2D eigenvalue weighted by Gasteiger charge is -1.90. The third kappa shape index (κ3) is 1.46. The molecule has 0 unspecified atom stereocenters. The molecule has 0 fully saturated rings. The quantitative estimate of drug-likeness (QED) is 0.616. The Bertz CT molecular complexity index is 301. The van der Waals surface area contributed by atoms with Crippen molar-refractivity contribution in [2.45, 2.75) is 6.92 Å². The van der Waals surface area contributed by atoms with Crippen LogP contribution in [0.15, 0.2) is 12.6 Å². The molecule has 0 saturated heterocycles. The van der Waals surface area contributed by atoms with Gasteiger partial charge in [0, 0.05) is 5.69 Å². The largest absolute Gasteiger partial charge is 0.478 e. The van der Waals surface area contributed by atoms with E-state index in [2.05, 4.69) is 16.8 Å². The summed E-state index contributed by atoms with van der Waals surface area (Å²) in [4.78, 5) is 10.4. The Morgan fingerprint density at radius 1 is 1.82 bits per heavy atom. The molecule has 0 aliphatic rings. The van der Waals surface area contributed by atoms with Gasteiger partial charge in [-0.25, -0.2) is 4.79 Å². The summed E-state index contributed by atoms with van der Waals surface area (Å²) >= 11 is 0. The van der Waals surface area contributed by atoms with Crippen LogP contribution in [0.2, 0.25) is 0 Å². The van der Waals surface area contributed by atoms with Crippen LogP contribution in [0.25, 0.3) is 5.57 Å². The second-order valence-corrected chi connectivity index (χ2v) is 2.22. The van der Waals surface area contributed by atoms with E-state index in [-0.39, 0.29) is 5.57 Å². The van der Waals surface area contributed by atoms with Crippen molar-refractivity contribution in [1.82, 2.24) is 10.2 Å². The van der Waals surface area contributed by atoms with Crippen molar-refractivity contribution in [3.63, 3.8) is 0 Å². The summed E-state index contributed by atoms with van der Waals surface area (Å²) in [5.74, 6) is -1.04. The lowest BCUT2D eigenvalue weighted by atomic mass is 10.2. The Morgan fingerprint density at radius 3 is 2.82 bits per heavy atom. The van der Waals surface area contributed by atoms with E-state index in [1.165, 1.54) is 0 Å². The van der Waals surface area contributed by atoms with Gasteiger partial charge in [-0.15, -0.1) is 0 Å². The predicted molar refractivity (Wildman–Crippen MR) is 40.0 cm³/mol. The molecule has 1 aromatic rings. The number of carboxylic acids is 1. The predicted octanol–water partition coefficient (Wildman–Crippen LogP) is 0.816. The average Bonchev–Trinajstić information content (AvgIpc) is 2.34. The third-order valence-electron chi connectivity index (χ3n) is 1.27. The first kappa shape index (κ1) is 7.53. The number of H-pyrrole nitrogens is 1. The minimum atomic E-state index is -1.04. The lowest BCUT2D eigenvalue weighted by molar-refractivity contribution is -0.130. The second kappa shape index (κ2) is 2.57. The number of hydrogen-bond acceptors (Lipinski definition) is 2. The minimum Gasteiger partial charge on any atom is -0.478 e. The maximum Gasteiger partial charge on any atom is 0.337 e. The average molecular weight is 152 g/mol. The van der Waals surface area contributed by atoms with Gasteiger partial charge in [0.05, 0.1) is 11.3 Å². The molecule has 0 spiro atoms. The molecule has 2 N–H and O–H groups in total. The van der Waals surface area contributed by atoms with E-state index in [1.54, 1.807) is 13.0 Å². The molecule has 0 aliphatic heterocycles. The van der Waals surface area contributed by atoms with Gasteiger partial charge in [-0.3, -0.25) is 5.10 Å². The molecular formula is C7H8N2O2. The van der Waals surface area contributed by atoms with E-state index in [1.807, 2.05) is 0 Å². The van der Waals surface area contributed by atoms with Crippen molar-refractivity contribution in [1.29, 1.82) is 0 Å². The van der Waals surface area contributed by atoms with E-state index in [0.29, 0.717) is 5.69 Å². The Hall–Kier alpha value is -1.58. The van der Waals surface area contributed by atoms with Crippen molar-refractivity contribution in [3.05, 3.63) is 24.0 Å². The zero-order chi connectivity index (χ0) is 8.43. The summed E-state index contributed by atoms with van der Waals surface area (Å²) in [5.41, 5.74) is 1.21. The second-order valence-electron chi connectivity index (χ2n) is 2.22. The number of aryl methyl sites for hydroxylation is 1. The van der Waals surface area contributed by atoms with Crippen LogP contribution >= 0.6 is 0 Å². The van der Waals surface area contributed by atoms with Crippen LogP contribution in [0.4, 0.5) is 0 Å². The van der Waals surface area contributed by atoms with E-state index >= 15 is 0 Å². The van der Waals surface area contributed by atoms with Gasteiger partial charge in [0.15, 0.2) is 0 Å². The number of aromatic amines is 1. The topological polar surface area (TPSA) is 66.0 Å². The summed E-state index contributed by atoms with van der Waals surface area (Å²) in [6, 6.07) is 1.64. The fourth-order valence-corrected chi connectivity index (χ4v) is 0.682. The number of carboxylic acid groups (broad SMARTS) is 1. The fourth-order valence-electron chi connectivity index (χ4n) is 0.682. The summed E-state index contributed by atoms with van der Waals surface area (Å²) in [7, 11) is 0. The number of hydrogen-bond donors (Lipinski definition) is 2. The molecule has 0 atom stereocenters. The first-order chi connectivity index (χ1) is 5.11. The van der Waals surface area contributed by atoms with Gasteiger partial charge in [-0.1, -0.05) is 6.58 Å². The van der Waals surface area contributed by atoms with Crippen LogP contribution in [0.1, 0.15) is 11.4 Å². The summed E-state index contributed by atoms with van der Waals surface area (Å²) in [6.45, 7) is 5.15. The standard InChI is InChI=1S/C7H8N2O2/c1-4-3-6(9-8-4)5(2)7(10)11/h3H,2H2,1H3,(H,8,9)(H,10,11). The van der Waals surface area contributed by atoms with Gasteiger partial charge in [-0.2, -0.15) is 5.10 Å². The smallest absolute Gasteiger partial charge is 0.337 e. The summed E-state index contributed by atoms with van der Waals surface area (Å²) in [6.07, 6.45) is 0. The first-order valence-electron chi connectivity index (χ1n) is 3.06. The molecule has 1 aromatic heterocycles. The number of nitrogens with one attached hydrogen (secondary N) is 1. The maximum atomic E-state index is 10.4. The van der Waals surface area contributed by atoms with Gasteiger partial charge < -0.3 is 5.11 Å². The fraction of sp³-hybridized carbons (Fsp3) is 0.143. The molecule has 0 bridgehead atoms. The molecule has 1 rings (SSSR count). The Morgan fingerprint density at radius 2 is 2.45 bits per heavy atom. The number of nitrogens with zero attached hydrogens (tertiary/aromatic N) is 1. The van der Waals surface area contributed by atoms with Crippen LogP contribution in [-0.2, 0) is 4.79 Å². The van der Waals surface area contributed by atoms with Gasteiger partial charge in [0.1, 0.15) is 0 Å². The van der Waals surface area contributed by atoms with Gasteiger partial charge in [-0.05, 0) is 13.0 Å². The van der Waals surface area contributed by atoms with Crippen molar-refractivity contribution in [2.75, 3.05) is 0 Å². The highest BCUT2D eigenvalue weighted by Gasteiger charge is 2.09. The molecule has 1 heterocycles. The van der Waals surface area contributed by atoms with Crippen molar-refractivity contribution >= 4 is 11.5 Å². The Labute approximate surface area is 63.6 Å². The number of carbonyl (C=O) groups is 1. The highest BCUT2D eigenvalue weighted by Crippen LogP contribution is 2.09. The maximum absolute atomic E-state index is 10.4. The van der Waals surface area contributed by atoms with Crippen molar-refractivity contribution in [2.24, 2.45) is 0 Å². The summed E-state index contributed by atoms with van der Waals surface area (Å²) < 4.78 is 0. The van der Waals surface area contributed by atoms with Gasteiger partial charge in [0.2, 0.25) is 0 Å². The van der Waals surface area contributed by atoms with Crippen LogP contribution < -0.4 is 0 Å². The normalized spacial score (nSPS) is 9.55.